The van der Waals surface area contributed by atoms with Crippen molar-refractivity contribution < 1.29 is 13.2 Å². The average Bonchev–Trinajstić information content (AvgIpc) is 2.40. The van der Waals surface area contributed by atoms with Gasteiger partial charge in [-0.25, -0.2) is 13.1 Å². The number of nitrogens with one attached hydrogen (secondary N) is 1. The largest absolute Gasteiger partial charge is 0.397 e. The zero-order valence-electron chi connectivity index (χ0n) is 12.4. The summed E-state index contributed by atoms with van der Waals surface area (Å²) >= 11 is 5.82. The molecular formula is C14H21ClN2O3S. The first-order valence-corrected chi connectivity index (χ1v) is 8.73. The molecular weight excluding hydrogens is 312 g/mol. The molecule has 0 bridgehead atoms. The van der Waals surface area contributed by atoms with Crippen molar-refractivity contribution in [3.8, 4) is 0 Å². The Hall–Kier alpha value is -0.820. The summed E-state index contributed by atoms with van der Waals surface area (Å²) in [4.78, 5) is 0.125. The molecule has 0 spiro atoms. The fourth-order valence-electron chi connectivity index (χ4n) is 2.51. The third kappa shape index (κ3) is 3.18. The first-order chi connectivity index (χ1) is 9.68. The molecule has 2 rings (SSSR count). The van der Waals surface area contributed by atoms with Gasteiger partial charge in [0.05, 0.1) is 21.7 Å². The summed E-state index contributed by atoms with van der Waals surface area (Å²) in [6.07, 6.45) is 0.744. The minimum absolute atomic E-state index is 0.0745. The number of halogens is 1. The second-order valence-electron chi connectivity index (χ2n) is 5.86. The van der Waals surface area contributed by atoms with E-state index in [4.69, 9.17) is 22.1 Å². The maximum Gasteiger partial charge on any atom is 0.240 e. The van der Waals surface area contributed by atoms with E-state index in [-0.39, 0.29) is 28.1 Å². The van der Waals surface area contributed by atoms with Crippen LogP contribution in [0.4, 0.5) is 5.69 Å². The minimum atomic E-state index is -3.61. The molecule has 21 heavy (non-hydrogen) atoms. The highest BCUT2D eigenvalue weighted by molar-refractivity contribution is 7.89. The van der Waals surface area contributed by atoms with Crippen LogP contribution in [0.25, 0.3) is 0 Å². The molecule has 1 fully saturated rings. The van der Waals surface area contributed by atoms with Crippen molar-refractivity contribution in [2.45, 2.75) is 44.2 Å². The summed E-state index contributed by atoms with van der Waals surface area (Å²) in [7, 11) is -3.61. The molecule has 2 unspecified atom stereocenters. The van der Waals surface area contributed by atoms with Crippen LogP contribution in [0.1, 0.15) is 27.2 Å². The van der Waals surface area contributed by atoms with E-state index in [0.717, 1.165) is 0 Å². The van der Waals surface area contributed by atoms with Gasteiger partial charge in [-0.2, -0.15) is 0 Å². The average molecular weight is 333 g/mol. The van der Waals surface area contributed by atoms with Crippen molar-refractivity contribution in [3.63, 3.8) is 0 Å². The monoisotopic (exact) mass is 332 g/mol. The summed E-state index contributed by atoms with van der Waals surface area (Å²) in [6.45, 7) is 6.56. The van der Waals surface area contributed by atoms with Crippen LogP contribution in [0.2, 0.25) is 5.02 Å². The highest BCUT2D eigenvalue weighted by atomic mass is 35.5. The number of nitrogens with two attached hydrogens (primary N) is 1. The number of sulfonamides is 1. The molecule has 0 radical (unpaired) electrons. The highest BCUT2D eigenvalue weighted by Gasteiger charge is 2.50. The lowest BCUT2D eigenvalue weighted by Gasteiger charge is -2.51. The molecule has 7 heteroatoms. The smallest absolute Gasteiger partial charge is 0.240 e. The molecule has 0 aliphatic heterocycles. The van der Waals surface area contributed by atoms with Gasteiger partial charge in [0.1, 0.15) is 0 Å². The number of ether oxygens (including phenoxy) is 1. The third-order valence-corrected chi connectivity index (χ3v) is 5.93. The minimum Gasteiger partial charge on any atom is -0.397 e. The molecule has 1 aliphatic carbocycles. The van der Waals surface area contributed by atoms with E-state index in [1.165, 1.54) is 18.2 Å². The number of anilines is 1. The number of hydrogen-bond donors (Lipinski definition) is 2. The van der Waals surface area contributed by atoms with Crippen LogP contribution in [0, 0.1) is 5.41 Å². The van der Waals surface area contributed by atoms with Gasteiger partial charge in [0, 0.05) is 18.1 Å². The Labute approximate surface area is 130 Å². The lowest BCUT2D eigenvalue weighted by Crippen LogP contribution is -2.61. The Balaban J connectivity index is 2.14. The molecule has 1 aliphatic rings. The molecule has 0 amide bonds. The first kappa shape index (κ1) is 16.5. The number of hydrogen-bond acceptors (Lipinski definition) is 4. The fraction of sp³-hybridized carbons (Fsp3) is 0.571. The van der Waals surface area contributed by atoms with E-state index < -0.39 is 10.0 Å². The second-order valence-corrected chi connectivity index (χ2v) is 7.98. The maximum atomic E-state index is 12.4. The molecule has 118 valence electrons. The molecule has 1 aromatic carbocycles. The second kappa shape index (κ2) is 5.76. The van der Waals surface area contributed by atoms with E-state index in [9.17, 15) is 8.42 Å². The Morgan fingerprint density at radius 3 is 2.67 bits per heavy atom. The zero-order chi connectivity index (χ0) is 15.8. The van der Waals surface area contributed by atoms with Gasteiger partial charge in [0.25, 0.3) is 0 Å². The molecule has 0 heterocycles. The molecule has 0 aromatic heterocycles. The summed E-state index contributed by atoms with van der Waals surface area (Å²) in [5, 5.41) is 0.342. The zero-order valence-corrected chi connectivity index (χ0v) is 14.0. The van der Waals surface area contributed by atoms with Crippen molar-refractivity contribution in [1.82, 2.24) is 4.72 Å². The van der Waals surface area contributed by atoms with E-state index >= 15 is 0 Å². The standard InChI is InChI=1S/C14H21ClN2O3S/c1-4-20-13-8-12(14(13,2)3)17-21(18,19)9-5-6-10(15)11(16)7-9/h5-7,12-13,17H,4,8,16H2,1-3H3. The number of nitrogen functional groups attached to an aromatic ring is 1. The van der Waals surface area contributed by atoms with Crippen molar-refractivity contribution >= 4 is 27.3 Å². The van der Waals surface area contributed by atoms with Crippen LogP contribution in [0.3, 0.4) is 0 Å². The lowest BCUT2D eigenvalue weighted by molar-refractivity contribution is -0.108. The molecule has 5 nitrogen and oxygen atoms in total. The summed E-state index contributed by atoms with van der Waals surface area (Å²) < 4.78 is 33.1. The van der Waals surface area contributed by atoms with Gasteiger partial charge in [-0.1, -0.05) is 25.4 Å². The van der Waals surface area contributed by atoms with Crippen LogP contribution >= 0.6 is 11.6 Å². The van der Waals surface area contributed by atoms with Crippen LogP contribution < -0.4 is 10.5 Å². The van der Waals surface area contributed by atoms with Gasteiger partial charge in [-0.15, -0.1) is 0 Å². The Morgan fingerprint density at radius 1 is 1.48 bits per heavy atom. The fourth-order valence-corrected chi connectivity index (χ4v) is 4.07. The number of benzene rings is 1. The van der Waals surface area contributed by atoms with E-state index in [1.807, 2.05) is 20.8 Å². The van der Waals surface area contributed by atoms with Crippen molar-refractivity contribution in [2.75, 3.05) is 12.3 Å². The van der Waals surface area contributed by atoms with Gasteiger partial charge < -0.3 is 10.5 Å². The van der Waals surface area contributed by atoms with E-state index in [2.05, 4.69) is 4.72 Å². The predicted molar refractivity (Wildman–Crippen MR) is 83.8 cm³/mol. The molecule has 0 saturated heterocycles. The summed E-state index contributed by atoms with van der Waals surface area (Å²) in [5.74, 6) is 0. The molecule has 1 aromatic rings. The van der Waals surface area contributed by atoms with E-state index in [1.54, 1.807) is 0 Å². The molecule has 2 atom stereocenters. The summed E-state index contributed by atoms with van der Waals surface area (Å²) in [5.41, 5.74) is 5.68. The van der Waals surface area contributed by atoms with Gasteiger partial charge in [-0.3, -0.25) is 0 Å². The van der Waals surface area contributed by atoms with Crippen LogP contribution in [0.5, 0.6) is 0 Å². The lowest BCUT2D eigenvalue weighted by atomic mass is 9.65. The Morgan fingerprint density at radius 2 is 2.14 bits per heavy atom. The normalized spacial score (nSPS) is 24.6. The van der Waals surface area contributed by atoms with E-state index in [0.29, 0.717) is 18.1 Å². The summed E-state index contributed by atoms with van der Waals surface area (Å²) in [6, 6.07) is 4.15. The quantitative estimate of drug-likeness (QED) is 0.811. The maximum absolute atomic E-state index is 12.4. The van der Waals surface area contributed by atoms with Gasteiger partial charge >= 0.3 is 0 Å². The van der Waals surface area contributed by atoms with Gasteiger partial charge in [0.15, 0.2) is 0 Å². The topological polar surface area (TPSA) is 81.4 Å². The van der Waals surface area contributed by atoms with Crippen molar-refractivity contribution in [2.24, 2.45) is 5.41 Å². The Kier molecular flexibility index (Phi) is 4.54. The predicted octanol–water partition coefficient (Wildman–Crippen LogP) is 2.40. The van der Waals surface area contributed by atoms with Crippen LogP contribution in [-0.2, 0) is 14.8 Å². The van der Waals surface area contributed by atoms with Crippen LogP contribution in [-0.4, -0.2) is 27.2 Å². The first-order valence-electron chi connectivity index (χ1n) is 6.87. The SMILES string of the molecule is CCOC1CC(NS(=O)(=O)c2ccc(Cl)c(N)c2)C1(C)C. The number of rotatable bonds is 5. The van der Waals surface area contributed by atoms with Gasteiger partial charge in [0.2, 0.25) is 10.0 Å². The van der Waals surface area contributed by atoms with Crippen molar-refractivity contribution in [3.05, 3.63) is 23.2 Å². The third-order valence-electron chi connectivity index (χ3n) is 4.12. The van der Waals surface area contributed by atoms with Gasteiger partial charge in [-0.05, 0) is 31.5 Å². The molecule has 1 saturated carbocycles. The van der Waals surface area contributed by atoms with Crippen molar-refractivity contribution in [1.29, 1.82) is 0 Å². The molecule has 3 N–H and O–H groups in total. The highest BCUT2D eigenvalue weighted by Crippen LogP contribution is 2.43. The Bertz CT molecular complexity index is 631. The van der Waals surface area contributed by atoms with Crippen LogP contribution in [0.15, 0.2) is 23.1 Å².